The number of nitrogens with one attached hydrogen (secondary N) is 1. The van der Waals surface area contributed by atoms with E-state index in [0.29, 0.717) is 12.6 Å². The Labute approximate surface area is 142 Å². The molecule has 5 heteroatoms. The number of benzene rings is 1. The van der Waals surface area contributed by atoms with E-state index in [0.717, 1.165) is 32.7 Å². The van der Waals surface area contributed by atoms with Crippen LogP contribution in [0.4, 0.5) is 5.69 Å². The first-order chi connectivity index (χ1) is 10.0. The Morgan fingerprint density at radius 1 is 1.24 bits per heavy atom. The van der Waals surface area contributed by atoms with Gasteiger partial charge in [0.1, 0.15) is 0 Å². The summed E-state index contributed by atoms with van der Waals surface area (Å²) in [7, 11) is 0. The molecular formula is C16H20Br2N2O. The van der Waals surface area contributed by atoms with Gasteiger partial charge in [-0.2, -0.15) is 0 Å². The Balaban J connectivity index is 1.62. The Hall–Kier alpha value is -0.390. The maximum atomic E-state index is 12.4. The van der Waals surface area contributed by atoms with Gasteiger partial charge in [-0.15, -0.1) is 0 Å². The van der Waals surface area contributed by atoms with Gasteiger partial charge < -0.3 is 5.32 Å². The van der Waals surface area contributed by atoms with Crippen molar-refractivity contribution in [1.29, 1.82) is 0 Å². The number of hydrogen-bond acceptors (Lipinski definition) is 2. The van der Waals surface area contributed by atoms with E-state index in [4.69, 9.17) is 0 Å². The smallest absolute Gasteiger partial charge is 0.238 e. The zero-order valence-electron chi connectivity index (χ0n) is 12.2. The van der Waals surface area contributed by atoms with Gasteiger partial charge in [-0.25, -0.2) is 0 Å². The highest BCUT2D eigenvalue weighted by atomic mass is 79.9. The van der Waals surface area contributed by atoms with Crippen molar-refractivity contribution in [2.45, 2.75) is 38.6 Å². The molecule has 0 radical (unpaired) electrons. The summed E-state index contributed by atoms with van der Waals surface area (Å²) < 4.78 is 1.84. The minimum Gasteiger partial charge on any atom is -0.323 e. The van der Waals surface area contributed by atoms with Crippen molar-refractivity contribution >= 4 is 43.5 Å². The highest BCUT2D eigenvalue weighted by Gasteiger charge is 2.34. The quantitative estimate of drug-likeness (QED) is 0.749. The molecule has 2 aliphatic carbocycles. The molecule has 21 heavy (non-hydrogen) atoms. The number of aryl methyl sites for hydroxylation is 1. The molecule has 3 nitrogen and oxygen atoms in total. The number of hydrogen-bond donors (Lipinski definition) is 1. The summed E-state index contributed by atoms with van der Waals surface area (Å²) in [6.45, 7) is 3.63. The van der Waals surface area contributed by atoms with Crippen LogP contribution < -0.4 is 5.32 Å². The van der Waals surface area contributed by atoms with Crippen LogP contribution in [0, 0.1) is 12.8 Å². The van der Waals surface area contributed by atoms with Crippen molar-refractivity contribution in [3.8, 4) is 0 Å². The Morgan fingerprint density at radius 3 is 2.38 bits per heavy atom. The maximum absolute atomic E-state index is 12.4. The van der Waals surface area contributed by atoms with Crippen molar-refractivity contribution in [1.82, 2.24) is 4.90 Å². The van der Waals surface area contributed by atoms with Gasteiger partial charge in [0.2, 0.25) is 5.91 Å². The fraction of sp³-hybridized carbons (Fsp3) is 0.562. The lowest BCUT2D eigenvalue weighted by molar-refractivity contribution is -0.117. The molecule has 0 unspecified atom stereocenters. The number of anilines is 1. The summed E-state index contributed by atoms with van der Waals surface area (Å²) in [5.41, 5.74) is 1.98. The average Bonchev–Trinajstić information content (AvgIpc) is 3.24. The van der Waals surface area contributed by atoms with Gasteiger partial charge >= 0.3 is 0 Å². The third kappa shape index (κ3) is 4.30. The van der Waals surface area contributed by atoms with Crippen molar-refractivity contribution in [3.63, 3.8) is 0 Å². The number of carbonyl (C=O) groups excluding carboxylic acids is 1. The van der Waals surface area contributed by atoms with Crippen LogP contribution in [0.5, 0.6) is 0 Å². The normalized spacial score (nSPS) is 18.1. The van der Waals surface area contributed by atoms with E-state index in [1.165, 1.54) is 25.7 Å². The van der Waals surface area contributed by atoms with Gasteiger partial charge in [-0.05, 0) is 88.1 Å². The van der Waals surface area contributed by atoms with E-state index in [1.807, 2.05) is 19.1 Å². The highest BCUT2D eigenvalue weighted by molar-refractivity contribution is 9.11. The molecule has 2 saturated carbocycles. The molecule has 3 rings (SSSR count). The van der Waals surface area contributed by atoms with E-state index in [-0.39, 0.29) is 5.91 Å². The summed E-state index contributed by atoms with van der Waals surface area (Å²) in [5, 5.41) is 3.04. The molecule has 0 spiro atoms. The summed E-state index contributed by atoms with van der Waals surface area (Å²) in [6.07, 6.45) is 5.16. The molecule has 0 aromatic heterocycles. The summed E-state index contributed by atoms with van der Waals surface area (Å²) in [5.74, 6) is 0.907. The number of rotatable bonds is 6. The van der Waals surface area contributed by atoms with Crippen molar-refractivity contribution in [3.05, 3.63) is 26.6 Å². The van der Waals surface area contributed by atoms with Crippen molar-refractivity contribution in [2.24, 2.45) is 5.92 Å². The number of carbonyl (C=O) groups is 1. The largest absolute Gasteiger partial charge is 0.323 e. The lowest BCUT2D eigenvalue weighted by Gasteiger charge is -2.21. The van der Waals surface area contributed by atoms with Gasteiger partial charge in [0.25, 0.3) is 0 Å². The van der Waals surface area contributed by atoms with E-state index in [2.05, 4.69) is 42.1 Å². The molecule has 0 heterocycles. The Bertz CT molecular complexity index is 530. The number of halogens is 2. The molecule has 0 aliphatic heterocycles. The second-order valence-corrected chi connectivity index (χ2v) is 7.96. The topological polar surface area (TPSA) is 32.3 Å². The van der Waals surface area contributed by atoms with Crippen LogP contribution in [0.1, 0.15) is 31.2 Å². The van der Waals surface area contributed by atoms with Crippen LogP contribution >= 0.6 is 31.9 Å². The van der Waals surface area contributed by atoms with Gasteiger partial charge in [0.05, 0.1) is 12.2 Å². The van der Waals surface area contributed by atoms with Crippen LogP contribution in [-0.2, 0) is 4.79 Å². The first-order valence-corrected chi connectivity index (χ1v) is 9.11. The molecule has 0 saturated heterocycles. The summed E-state index contributed by atoms with van der Waals surface area (Å²) in [6, 6.07) is 4.67. The average molecular weight is 416 g/mol. The second kappa shape index (κ2) is 6.39. The van der Waals surface area contributed by atoms with E-state index in [1.54, 1.807) is 0 Å². The Kier molecular flexibility index (Phi) is 4.71. The molecule has 2 aliphatic rings. The lowest BCUT2D eigenvalue weighted by atomic mass is 10.2. The number of nitrogens with zero attached hydrogens (tertiary/aromatic N) is 1. The fourth-order valence-electron chi connectivity index (χ4n) is 2.60. The van der Waals surface area contributed by atoms with Gasteiger partial charge in [-0.1, -0.05) is 0 Å². The zero-order valence-corrected chi connectivity index (χ0v) is 15.3. The first-order valence-electron chi connectivity index (χ1n) is 7.52. The molecule has 0 bridgehead atoms. The third-order valence-electron chi connectivity index (χ3n) is 4.05. The highest BCUT2D eigenvalue weighted by Crippen LogP contribution is 2.35. The second-order valence-electron chi connectivity index (χ2n) is 6.26. The third-order valence-corrected chi connectivity index (χ3v) is 5.30. The minimum atomic E-state index is 0.0767. The van der Waals surface area contributed by atoms with Crippen molar-refractivity contribution in [2.75, 3.05) is 18.4 Å². The van der Waals surface area contributed by atoms with E-state index < -0.39 is 0 Å². The number of amides is 1. The van der Waals surface area contributed by atoms with Crippen molar-refractivity contribution < 1.29 is 4.79 Å². The molecule has 0 atom stereocenters. The molecule has 1 N–H and O–H groups in total. The maximum Gasteiger partial charge on any atom is 0.238 e. The van der Waals surface area contributed by atoms with Gasteiger partial charge in [-0.3, -0.25) is 9.69 Å². The molecular weight excluding hydrogens is 396 g/mol. The monoisotopic (exact) mass is 414 g/mol. The van der Waals surface area contributed by atoms with Crippen LogP contribution in [0.2, 0.25) is 0 Å². The summed E-state index contributed by atoms with van der Waals surface area (Å²) >= 11 is 7.05. The molecule has 1 aromatic carbocycles. The van der Waals surface area contributed by atoms with E-state index in [9.17, 15) is 4.79 Å². The fourth-order valence-corrected chi connectivity index (χ4v) is 4.21. The first kappa shape index (κ1) is 15.5. The Morgan fingerprint density at radius 2 is 1.86 bits per heavy atom. The van der Waals surface area contributed by atoms with Gasteiger partial charge in [0.15, 0.2) is 0 Å². The minimum absolute atomic E-state index is 0.0767. The predicted molar refractivity (Wildman–Crippen MR) is 92.5 cm³/mol. The predicted octanol–water partition coefficient (Wildman–Crippen LogP) is 4.33. The SMILES string of the molecule is Cc1cc(Br)c(NC(=O)CN(CC2CC2)C2CC2)c(Br)c1. The van der Waals surface area contributed by atoms with Crippen LogP contribution in [0.3, 0.4) is 0 Å². The molecule has 2 fully saturated rings. The molecule has 1 aromatic rings. The van der Waals surface area contributed by atoms with Crippen LogP contribution in [-0.4, -0.2) is 29.9 Å². The molecule has 1 amide bonds. The zero-order chi connectivity index (χ0) is 15.0. The van der Waals surface area contributed by atoms with E-state index >= 15 is 0 Å². The summed E-state index contributed by atoms with van der Waals surface area (Å²) in [4.78, 5) is 14.7. The van der Waals surface area contributed by atoms with Gasteiger partial charge in [0, 0.05) is 21.5 Å². The lowest BCUT2D eigenvalue weighted by Crippen LogP contribution is -2.36. The van der Waals surface area contributed by atoms with Crippen LogP contribution in [0.15, 0.2) is 21.1 Å². The molecule has 114 valence electrons. The standard InChI is InChI=1S/C16H20Br2N2O/c1-10-6-13(17)16(14(18)7-10)19-15(21)9-20(12-4-5-12)8-11-2-3-11/h6-7,11-12H,2-5,8-9H2,1H3,(H,19,21). The van der Waals surface area contributed by atoms with Crippen LogP contribution in [0.25, 0.3) is 0 Å².